The first-order valence-corrected chi connectivity index (χ1v) is 22.4. The summed E-state index contributed by atoms with van der Waals surface area (Å²) in [5.41, 5.74) is 6.37. The number of aromatic amines is 3. The van der Waals surface area contributed by atoms with Crippen LogP contribution in [-0.2, 0) is 26.7 Å². The number of Topliss-reactive ketones (excluding diaryl/α,β-unsaturated/α-hetero) is 2. The van der Waals surface area contributed by atoms with Crippen molar-refractivity contribution in [2.45, 2.75) is 25.7 Å². The molecule has 1 radical (unpaired) electrons. The summed E-state index contributed by atoms with van der Waals surface area (Å²) < 4.78 is 12.2. The Morgan fingerprint density at radius 1 is 0.667 bits per heavy atom. The molecule has 0 spiro atoms. The van der Waals surface area contributed by atoms with E-state index in [1.165, 1.54) is 73.9 Å². The molecule has 6 aromatic heterocycles. The van der Waals surface area contributed by atoms with Gasteiger partial charge in [-0.15, -0.1) is 0 Å². The molecule has 2 fully saturated rings. The number of rotatable bonds is 9. The molecule has 367 valence electrons. The van der Waals surface area contributed by atoms with Crippen molar-refractivity contribution in [3.8, 4) is 17.3 Å². The molecular formula is C50H43ClCuN14O6. The average molecular weight is 1030 g/mol. The number of nitrogens with one attached hydrogen (secondary N) is 3. The zero-order valence-corrected chi connectivity index (χ0v) is 40.3. The van der Waals surface area contributed by atoms with E-state index in [0.29, 0.717) is 102 Å². The van der Waals surface area contributed by atoms with Gasteiger partial charge in [0.2, 0.25) is 0 Å². The molecule has 10 rings (SSSR count). The summed E-state index contributed by atoms with van der Waals surface area (Å²) >= 11 is 6.11. The number of ketones is 2. The van der Waals surface area contributed by atoms with Crippen molar-refractivity contribution < 1.29 is 45.7 Å². The molecular weight excluding hydrogens is 992 g/mol. The van der Waals surface area contributed by atoms with Crippen LogP contribution in [0.5, 0.6) is 11.5 Å². The van der Waals surface area contributed by atoms with E-state index in [1.54, 1.807) is 4.90 Å². The van der Waals surface area contributed by atoms with Crippen LogP contribution in [0.15, 0.2) is 122 Å². The summed E-state index contributed by atoms with van der Waals surface area (Å²) in [7, 11) is 2.95. The van der Waals surface area contributed by atoms with Gasteiger partial charge in [0.25, 0.3) is 23.4 Å². The number of piperidine rings is 2. The Morgan fingerprint density at radius 3 is 1.57 bits per heavy atom. The molecule has 2 aliphatic rings. The van der Waals surface area contributed by atoms with Crippen molar-refractivity contribution in [1.82, 2.24) is 59.7 Å². The van der Waals surface area contributed by atoms with Gasteiger partial charge in [-0.1, -0.05) is 83.4 Å². The van der Waals surface area contributed by atoms with E-state index < -0.39 is 23.4 Å². The van der Waals surface area contributed by atoms with E-state index in [0.717, 1.165) is 22.3 Å². The zero-order valence-electron chi connectivity index (χ0n) is 38.6. The summed E-state index contributed by atoms with van der Waals surface area (Å²) in [5, 5.41) is 11.2. The number of hydrogen-bond acceptors (Lipinski definition) is 12. The van der Waals surface area contributed by atoms with Gasteiger partial charge in [0.15, 0.2) is 22.4 Å². The summed E-state index contributed by atoms with van der Waals surface area (Å²) in [5.74, 6) is -1.27. The van der Waals surface area contributed by atoms with Crippen molar-refractivity contribution in [3.05, 3.63) is 172 Å². The Hall–Kier alpha value is -8.75. The molecule has 72 heavy (non-hydrogen) atoms. The second-order valence-corrected chi connectivity index (χ2v) is 16.1. The van der Waals surface area contributed by atoms with Crippen molar-refractivity contribution in [1.29, 1.82) is 0 Å². The van der Waals surface area contributed by atoms with Gasteiger partial charge in [-0.25, -0.2) is 34.3 Å². The van der Waals surface area contributed by atoms with Gasteiger partial charge in [-0.2, -0.15) is 10.2 Å². The maximum Gasteiger partial charge on any atom is 0.295 e. The second-order valence-electron chi connectivity index (χ2n) is 15.8. The van der Waals surface area contributed by atoms with E-state index in [4.69, 9.17) is 34.2 Å². The maximum absolute atomic E-state index is 13.3. The number of carbonyl (C=O) groups excluding carboxylic acids is 4. The first kappa shape index (κ1) is 51.1. The number of aromatic nitrogens is 10. The number of methoxy groups -OCH3 is 2. The van der Waals surface area contributed by atoms with E-state index in [1.807, 2.05) is 60.7 Å². The molecule has 20 nitrogen and oxygen atoms in total. The van der Waals surface area contributed by atoms with Gasteiger partial charge in [-0.05, 0) is 36.8 Å². The molecule has 8 aromatic rings. The quantitative estimate of drug-likeness (QED) is 0.0421. The van der Waals surface area contributed by atoms with Gasteiger partial charge < -0.3 is 29.2 Å². The second kappa shape index (κ2) is 23.7. The fraction of sp³-hybridized carbons (Fsp3) is 0.200. The number of hydrogen-bond donors (Lipinski definition) is 3. The van der Waals surface area contributed by atoms with Gasteiger partial charge >= 0.3 is 0 Å². The Balaban J connectivity index is 0.000000191. The van der Waals surface area contributed by atoms with Crippen molar-refractivity contribution in [2.75, 3.05) is 40.4 Å². The van der Waals surface area contributed by atoms with E-state index >= 15 is 0 Å². The number of fused-ring (bicyclic) bond motifs is 2. The Kier molecular flexibility index (Phi) is 16.8. The molecule has 2 aliphatic heterocycles. The van der Waals surface area contributed by atoms with Crippen LogP contribution in [0.25, 0.3) is 48.7 Å². The number of benzene rings is 2. The Labute approximate surface area is 427 Å². The van der Waals surface area contributed by atoms with Crippen molar-refractivity contribution >= 4 is 68.2 Å². The van der Waals surface area contributed by atoms with Crippen molar-refractivity contribution in [3.63, 3.8) is 0 Å². The minimum absolute atomic E-state index is 0. The normalized spacial score (nSPS) is 13.0. The smallest absolute Gasteiger partial charge is 0.295 e. The summed E-state index contributed by atoms with van der Waals surface area (Å²) in [6.07, 6.45) is 13.9. The fourth-order valence-corrected chi connectivity index (χ4v) is 8.55. The number of halogens is 1. The third-order valence-electron chi connectivity index (χ3n) is 11.9. The molecule has 22 heteroatoms. The molecule has 2 amide bonds. The Bertz CT molecular complexity index is 3340. The van der Waals surface area contributed by atoms with E-state index in [2.05, 4.69) is 54.9 Å². The molecule has 2 aromatic carbocycles. The minimum Gasteiger partial charge on any atom is -0.494 e. The van der Waals surface area contributed by atoms with Crippen LogP contribution in [0, 0.1) is 13.1 Å². The molecule has 0 saturated carbocycles. The number of H-pyrrole nitrogens is 3. The van der Waals surface area contributed by atoms with Gasteiger partial charge in [0, 0.05) is 55.6 Å². The van der Waals surface area contributed by atoms with Crippen LogP contribution >= 0.6 is 11.6 Å². The van der Waals surface area contributed by atoms with Crippen LogP contribution in [0.1, 0.15) is 57.5 Å². The minimum atomic E-state index is -0.633. The Morgan fingerprint density at radius 2 is 1.15 bits per heavy atom. The largest absolute Gasteiger partial charge is 0.494 e. The summed E-state index contributed by atoms with van der Waals surface area (Å²) in [6.45, 7) is 16.7. The van der Waals surface area contributed by atoms with Crippen molar-refractivity contribution in [2.24, 2.45) is 0 Å². The monoisotopic (exact) mass is 1030 g/mol. The zero-order chi connectivity index (χ0) is 49.9. The third kappa shape index (κ3) is 10.8. The van der Waals surface area contributed by atoms with Gasteiger partial charge in [-0.3, -0.25) is 24.3 Å². The van der Waals surface area contributed by atoms with E-state index in [9.17, 15) is 19.2 Å². The first-order valence-electron chi connectivity index (χ1n) is 22.0. The van der Waals surface area contributed by atoms with Gasteiger partial charge in [0.1, 0.15) is 36.8 Å². The topological polar surface area (TPSA) is 232 Å². The standard InChI is InChI=1S/C25H21N7O3.C23H19ClN4O3.C2H3N3.Cu/c1-26-21(16-6-4-3-5-7-16)17-8-10-31(11-9-17)25(34)23(33)18-12-28-22-20(18)19(35-2)13-29-24(22)32-15-27-14-30-32;1-25-19(14-6-4-3-5-7-14)15-8-10-28(11-9-15)23(30)21(29)16-12-26-20-18(16)17(31-2)13-27-22(20)24;1-3-2-5-4-1;/h3-7,12-15,28H,8-11H2,2H3;3-7,12-13,26H,8-11H2,2H3;1-2H,(H,3,4,5);. The maximum atomic E-state index is 13.3. The SMILES string of the molecule is [C-]#[N+]C(=C1CCN(C(=O)C(=O)c2c[nH]c3c(-n4cncn4)ncc(OC)c23)CC1)c1ccccc1.[C-]#[N+]C(=C1CCN(C(=O)C(=O)c2c[nH]c3c(Cl)ncc(OC)c23)CC1)c1ccccc1.[Cu].c1nc[nH]n1. The predicted octanol–water partition coefficient (Wildman–Crippen LogP) is 7.45. The van der Waals surface area contributed by atoms with Crippen LogP contribution in [-0.4, -0.2) is 123 Å². The summed E-state index contributed by atoms with van der Waals surface area (Å²) in [6, 6.07) is 19.1. The number of nitrogens with zero attached hydrogens (tertiary/aromatic N) is 11. The van der Waals surface area contributed by atoms with Crippen LogP contribution in [0.2, 0.25) is 5.15 Å². The number of ether oxygens (including phenoxy) is 2. The fourth-order valence-electron chi connectivity index (χ4n) is 8.35. The molecule has 0 unspecified atom stereocenters. The molecule has 0 bridgehead atoms. The number of likely N-dealkylation sites (tertiary alicyclic amines) is 2. The number of amides is 2. The molecule has 3 N–H and O–H groups in total. The van der Waals surface area contributed by atoms with Crippen LogP contribution < -0.4 is 9.47 Å². The molecule has 0 atom stereocenters. The first-order chi connectivity index (χ1) is 34.7. The molecule has 0 aliphatic carbocycles. The van der Waals surface area contributed by atoms with E-state index in [-0.39, 0.29) is 33.3 Å². The van der Waals surface area contributed by atoms with Crippen LogP contribution in [0.4, 0.5) is 0 Å². The molecule has 2 saturated heterocycles. The van der Waals surface area contributed by atoms with Crippen LogP contribution in [0.3, 0.4) is 0 Å². The average Bonchev–Trinajstić information content (AvgIpc) is 4.29. The summed E-state index contributed by atoms with van der Waals surface area (Å²) in [4.78, 5) is 84.7. The molecule has 8 heterocycles. The predicted molar refractivity (Wildman–Crippen MR) is 262 cm³/mol. The number of carbonyl (C=O) groups is 4. The van der Waals surface area contributed by atoms with Gasteiger partial charge in [0.05, 0.1) is 72.7 Å². The third-order valence-corrected chi connectivity index (χ3v) is 12.1. The number of pyridine rings is 2.